The molecule has 0 spiro atoms. The average Bonchev–Trinajstić information content (AvgIpc) is 2.77. The Morgan fingerprint density at radius 1 is 1.33 bits per heavy atom. The highest BCUT2D eigenvalue weighted by molar-refractivity contribution is 9.11. The van der Waals surface area contributed by atoms with Crippen molar-refractivity contribution in [1.29, 1.82) is 0 Å². The predicted molar refractivity (Wildman–Crippen MR) is 77.2 cm³/mol. The Morgan fingerprint density at radius 3 is 2.89 bits per heavy atom. The van der Waals surface area contributed by atoms with Crippen molar-refractivity contribution in [3.63, 3.8) is 0 Å². The molecule has 2 nitrogen and oxygen atoms in total. The van der Waals surface area contributed by atoms with E-state index in [1.807, 2.05) is 12.1 Å². The highest BCUT2D eigenvalue weighted by Gasteiger charge is 2.25. The van der Waals surface area contributed by atoms with E-state index in [1.54, 1.807) is 0 Å². The number of carbonyl (C=O) groups excluding carboxylic acids is 1. The van der Waals surface area contributed by atoms with Gasteiger partial charge in [0.2, 0.25) is 0 Å². The molecule has 0 aliphatic heterocycles. The van der Waals surface area contributed by atoms with Gasteiger partial charge in [-0.3, -0.25) is 4.79 Å². The van der Waals surface area contributed by atoms with E-state index >= 15 is 0 Å². The topological polar surface area (TPSA) is 29.1 Å². The molecule has 0 saturated heterocycles. The quantitative estimate of drug-likeness (QED) is 0.919. The fourth-order valence-corrected chi connectivity index (χ4v) is 3.59. The van der Waals surface area contributed by atoms with E-state index in [9.17, 15) is 4.79 Å². The van der Waals surface area contributed by atoms with Gasteiger partial charge < -0.3 is 5.32 Å². The van der Waals surface area contributed by atoms with Gasteiger partial charge in [-0.1, -0.05) is 24.3 Å². The van der Waals surface area contributed by atoms with Gasteiger partial charge in [-0.15, -0.1) is 11.3 Å². The predicted octanol–water partition coefficient (Wildman–Crippen LogP) is 3.58. The maximum absolute atomic E-state index is 11.9. The summed E-state index contributed by atoms with van der Waals surface area (Å²) in [6, 6.07) is 12.2. The molecule has 0 bridgehead atoms. The normalized spacial score (nSPS) is 16.8. The number of thiophene rings is 1. The number of halogens is 1. The first-order chi connectivity index (χ1) is 8.74. The molecule has 4 heteroatoms. The fraction of sp³-hybridized carbons (Fsp3) is 0.214. The molecular weight excluding hydrogens is 310 g/mol. The number of hydrogen-bond donors (Lipinski definition) is 1. The van der Waals surface area contributed by atoms with Crippen LogP contribution in [0.3, 0.4) is 0 Å². The molecular formula is C14H12BrNOS. The second-order valence-corrected chi connectivity index (χ2v) is 6.88. The van der Waals surface area contributed by atoms with E-state index in [2.05, 4.69) is 45.5 Å². The zero-order chi connectivity index (χ0) is 12.5. The number of benzene rings is 1. The molecule has 1 heterocycles. The SMILES string of the molecule is O=C(NCC1Cc2ccccc21)c1ccc(Br)s1. The molecule has 1 aliphatic rings. The van der Waals surface area contributed by atoms with E-state index in [4.69, 9.17) is 0 Å². The summed E-state index contributed by atoms with van der Waals surface area (Å²) in [5.41, 5.74) is 2.79. The second-order valence-electron chi connectivity index (χ2n) is 4.41. The Labute approximate surface area is 118 Å². The van der Waals surface area contributed by atoms with Crippen molar-refractivity contribution in [2.24, 2.45) is 0 Å². The lowest BCUT2D eigenvalue weighted by Gasteiger charge is -2.30. The minimum absolute atomic E-state index is 0.0232. The summed E-state index contributed by atoms with van der Waals surface area (Å²) in [4.78, 5) is 12.7. The van der Waals surface area contributed by atoms with Crippen molar-refractivity contribution < 1.29 is 4.79 Å². The van der Waals surface area contributed by atoms with Gasteiger partial charge in [-0.2, -0.15) is 0 Å². The van der Waals surface area contributed by atoms with Gasteiger partial charge in [0, 0.05) is 12.5 Å². The number of amides is 1. The van der Waals surface area contributed by atoms with E-state index in [0.29, 0.717) is 5.92 Å². The molecule has 1 atom stereocenters. The maximum atomic E-state index is 11.9. The van der Waals surface area contributed by atoms with Crippen LogP contribution in [-0.4, -0.2) is 12.5 Å². The lowest BCUT2D eigenvalue weighted by Crippen LogP contribution is -2.32. The summed E-state index contributed by atoms with van der Waals surface area (Å²) in [5.74, 6) is 0.503. The van der Waals surface area contributed by atoms with Crippen LogP contribution >= 0.6 is 27.3 Å². The van der Waals surface area contributed by atoms with Crippen LogP contribution in [0, 0.1) is 0 Å². The molecule has 1 N–H and O–H groups in total. The highest BCUT2D eigenvalue weighted by atomic mass is 79.9. The molecule has 18 heavy (non-hydrogen) atoms. The van der Waals surface area contributed by atoms with E-state index in [-0.39, 0.29) is 5.91 Å². The molecule has 0 saturated carbocycles. The summed E-state index contributed by atoms with van der Waals surface area (Å²) in [6.45, 7) is 0.728. The second kappa shape index (κ2) is 4.86. The number of hydrogen-bond acceptors (Lipinski definition) is 2. The van der Waals surface area contributed by atoms with E-state index in [0.717, 1.165) is 21.6 Å². The van der Waals surface area contributed by atoms with Gasteiger partial charge in [0.1, 0.15) is 0 Å². The van der Waals surface area contributed by atoms with Crippen LogP contribution in [0.4, 0.5) is 0 Å². The highest BCUT2D eigenvalue weighted by Crippen LogP contribution is 2.34. The van der Waals surface area contributed by atoms with E-state index in [1.165, 1.54) is 22.5 Å². The average molecular weight is 322 g/mol. The molecule has 1 unspecified atom stereocenters. The lowest BCUT2D eigenvalue weighted by atomic mass is 9.77. The van der Waals surface area contributed by atoms with Crippen LogP contribution in [0.5, 0.6) is 0 Å². The first kappa shape index (κ1) is 11.9. The van der Waals surface area contributed by atoms with Crippen molar-refractivity contribution >= 4 is 33.2 Å². The Hall–Kier alpha value is -1.13. The van der Waals surface area contributed by atoms with Gasteiger partial charge in [0.05, 0.1) is 8.66 Å². The van der Waals surface area contributed by atoms with Crippen molar-refractivity contribution in [2.75, 3.05) is 6.54 Å². The largest absolute Gasteiger partial charge is 0.351 e. The summed E-state index contributed by atoms with van der Waals surface area (Å²) in [6.07, 6.45) is 1.07. The van der Waals surface area contributed by atoms with Crippen molar-refractivity contribution in [3.8, 4) is 0 Å². The monoisotopic (exact) mass is 321 g/mol. The summed E-state index contributed by atoms with van der Waals surface area (Å²) in [7, 11) is 0. The van der Waals surface area contributed by atoms with Crippen LogP contribution in [0.25, 0.3) is 0 Å². The molecule has 2 aromatic rings. The minimum atomic E-state index is 0.0232. The van der Waals surface area contributed by atoms with Gasteiger partial charge in [-0.05, 0) is 45.6 Å². The summed E-state index contributed by atoms with van der Waals surface area (Å²) >= 11 is 4.83. The Kier molecular flexibility index (Phi) is 3.22. The van der Waals surface area contributed by atoms with Crippen LogP contribution in [0.2, 0.25) is 0 Å². The third-order valence-electron chi connectivity index (χ3n) is 3.27. The number of nitrogens with one attached hydrogen (secondary N) is 1. The molecule has 1 aliphatic carbocycles. The Morgan fingerprint density at radius 2 is 2.17 bits per heavy atom. The van der Waals surface area contributed by atoms with Gasteiger partial charge in [0.15, 0.2) is 0 Å². The molecule has 1 aromatic heterocycles. The van der Waals surface area contributed by atoms with E-state index < -0.39 is 0 Å². The zero-order valence-corrected chi connectivity index (χ0v) is 12.1. The van der Waals surface area contributed by atoms with Gasteiger partial charge >= 0.3 is 0 Å². The van der Waals surface area contributed by atoms with Crippen molar-refractivity contribution in [2.45, 2.75) is 12.3 Å². The van der Waals surface area contributed by atoms with Crippen LogP contribution < -0.4 is 5.32 Å². The standard InChI is InChI=1S/C14H12BrNOS/c15-13-6-5-12(18-13)14(17)16-8-10-7-9-3-1-2-4-11(9)10/h1-6,10H,7-8H2,(H,16,17). The first-order valence-electron chi connectivity index (χ1n) is 5.85. The van der Waals surface area contributed by atoms with Crippen LogP contribution in [0.1, 0.15) is 26.7 Å². The molecule has 0 radical (unpaired) electrons. The number of rotatable bonds is 3. The summed E-state index contributed by atoms with van der Waals surface area (Å²) < 4.78 is 0.988. The molecule has 92 valence electrons. The molecule has 3 rings (SSSR count). The third-order valence-corrected chi connectivity index (χ3v) is 4.89. The molecule has 1 amide bonds. The number of carbonyl (C=O) groups is 1. The van der Waals surface area contributed by atoms with Gasteiger partial charge in [-0.25, -0.2) is 0 Å². The minimum Gasteiger partial charge on any atom is -0.351 e. The fourth-order valence-electron chi connectivity index (χ4n) is 2.28. The maximum Gasteiger partial charge on any atom is 0.261 e. The van der Waals surface area contributed by atoms with Crippen molar-refractivity contribution in [3.05, 3.63) is 56.2 Å². The smallest absolute Gasteiger partial charge is 0.261 e. The van der Waals surface area contributed by atoms with Crippen molar-refractivity contribution in [1.82, 2.24) is 5.32 Å². The van der Waals surface area contributed by atoms with Crippen LogP contribution in [0.15, 0.2) is 40.2 Å². The Bertz CT molecular complexity index is 593. The third kappa shape index (κ3) is 2.22. The van der Waals surface area contributed by atoms with Gasteiger partial charge in [0.25, 0.3) is 5.91 Å². The summed E-state index contributed by atoms with van der Waals surface area (Å²) in [5, 5.41) is 3.01. The first-order valence-corrected chi connectivity index (χ1v) is 7.46. The molecule has 0 fully saturated rings. The lowest BCUT2D eigenvalue weighted by molar-refractivity contribution is 0.0954. The number of fused-ring (bicyclic) bond motifs is 1. The van der Waals surface area contributed by atoms with Crippen LogP contribution in [-0.2, 0) is 6.42 Å². The zero-order valence-electron chi connectivity index (χ0n) is 9.65. The molecule has 1 aromatic carbocycles. The Balaban J connectivity index is 1.59.